The smallest absolute Gasteiger partial charge is 0.322 e. The highest BCUT2D eigenvalue weighted by Gasteiger charge is 2.30. The van der Waals surface area contributed by atoms with Crippen LogP contribution >= 0.6 is 11.6 Å². The Morgan fingerprint density at radius 2 is 2.25 bits per heavy atom. The molecule has 2 N–H and O–H groups in total. The van der Waals surface area contributed by atoms with Crippen molar-refractivity contribution in [2.24, 2.45) is 0 Å². The maximum Gasteiger partial charge on any atom is 0.322 e. The van der Waals surface area contributed by atoms with E-state index in [1.165, 1.54) is 0 Å². The van der Waals surface area contributed by atoms with Gasteiger partial charge in [0.1, 0.15) is 0 Å². The number of nitrogens with one attached hydrogen (secondary N) is 1. The van der Waals surface area contributed by atoms with Gasteiger partial charge in [0.25, 0.3) is 0 Å². The molecule has 0 aromatic heterocycles. The molecule has 1 saturated heterocycles. The lowest BCUT2D eigenvalue weighted by Gasteiger charge is -2.24. The van der Waals surface area contributed by atoms with E-state index in [4.69, 9.17) is 16.7 Å². The maximum absolute atomic E-state index is 12.2. The van der Waals surface area contributed by atoms with E-state index in [1.807, 2.05) is 13.0 Å². The zero-order valence-corrected chi connectivity index (χ0v) is 12.0. The molecule has 1 aromatic rings. The predicted molar refractivity (Wildman–Crippen MR) is 77.2 cm³/mol. The lowest BCUT2D eigenvalue weighted by atomic mass is 10.1. The van der Waals surface area contributed by atoms with E-state index in [0.717, 1.165) is 18.4 Å². The van der Waals surface area contributed by atoms with Gasteiger partial charge in [0.05, 0.1) is 17.1 Å². The normalized spacial score (nSPS) is 18.1. The molecule has 2 amide bonds. The third-order valence-corrected chi connectivity index (χ3v) is 3.74. The number of carboxylic acids is 1. The summed E-state index contributed by atoms with van der Waals surface area (Å²) < 4.78 is 0. The standard InChI is InChI=1S/C14H17ClN2O3/c1-9-4-5-11(15)12(7-9)16-14(20)17-6-2-3-10(17)8-13(18)19/h4-5,7,10H,2-3,6,8H2,1H3,(H,16,20)(H,18,19). The highest BCUT2D eigenvalue weighted by molar-refractivity contribution is 6.33. The number of amides is 2. The minimum atomic E-state index is -0.886. The van der Waals surface area contributed by atoms with E-state index in [9.17, 15) is 9.59 Å². The summed E-state index contributed by atoms with van der Waals surface area (Å²) in [5, 5.41) is 12.1. The lowest BCUT2D eigenvalue weighted by Crippen LogP contribution is -2.39. The van der Waals surface area contributed by atoms with E-state index >= 15 is 0 Å². The number of urea groups is 1. The first-order chi connectivity index (χ1) is 9.47. The summed E-state index contributed by atoms with van der Waals surface area (Å²) in [6.45, 7) is 2.49. The van der Waals surface area contributed by atoms with Gasteiger partial charge in [-0.2, -0.15) is 0 Å². The zero-order valence-electron chi connectivity index (χ0n) is 11.2. The van der Waals surface area contributed by atoms with Crippen LogP contribution in [-0.4, -0.2) is 34.6 Å². The molecular formula is C14H17ClN2O3. The fraction of sp³-hybridized carbons (Fsp3) is 0.429. The monoisotopic (exact) mass is 296 g/mol. The van der Waals surface area contributed by atoms with Gasteiger partial charge < -0.3 is 15.3 Å². The Labute approximate surface area is 122 Å². The second kappa shape index (κ2) is 6.13. The second-order valence-corrected chi connectivity index (χ2v) is 5.41. The van der Waals surface area contributed by atoms with Gasteiger partial charge in [-0.25, -0.2) is 4.79 Å². The molecule has 1 atom stereocenters. The summed E-state index contributed by atoms with van der Waals surface area (Å²) in [5.41, 5.74) is 1.55. The molecule has 1 aromatic carbocycles. The van der Waals surface area contributed by atoms with Crippen LogP contribution in [0.5, 0.6) is 0 Å². The Hall–Kier alpha value is -1.75. The van der Waals surface area contributed by atoms with Crippen LogP contribution in [0.15, 0.2) is 18.2 Å². The van der Waals surface area contributed by atoms with Gasteiger partial charge >= 0.3 is 12.0 Å². The Morgan fingerprint density at radius 1 is 1.50 bits per heavy atom. The van der Waals surface area contributed by atoms with Crippen molar-refractivity contribution in [1.29, 1.82) is 0 Å². The SMILES string of the molecule is Cc1ccc(Cl)c(NC(=O)N2CCCC2CC(=O)O)c1. The molecule has 0 spiro atoms. The fourth-order valence-electron chi connectivity index (χ4n) is 2.44. The van der Waals surface area contributed by atoms with Gasteiger partial charge in [0.2, 0.25) is 0 Å². The lowest BCUT2D eigenvalue weighted by molar-refractivity contribution is -0.137. The Balaban J connectivity index is 2.07. The van der Waals surface area contributed by atoms with Crippen LogP contribution in [-0.2, 0) is 4.79 Å². The summed E-state index contributed by atoms with van der Waals surface area (Å²) in [7, 11) is 0. The molecule has 20 heavy (non-hydrogen) atoms. The van der Waals surface area contributed by atoms with E-state index in [1.54, 1.807) is 17.0 Å². The van der Waals surface area contributed by atoms with Gasteiger partial charge in [-0.3, -0.25) is 4.79 Å². The van der Waals surface area contributed by atoms with Gasteiger partial charge in [-0.05, 0) is 37.5 Å². The van der Waals surface area contributed by atoms with Crippen LogP contribution in [0.3, 0.4) is 0 Å². The fourth-order valence-corrected chi connectivity index (χ4v) is 2.60. The van der Waals surface area contributed by atoms with Crippen molar-refractivity contribution in [1.82, 2.24) is 4.90 Å². The molecule has 1 aliphatic rings. The first kappa shape index (κ1) is 14.7. The van der Waals surface area contributed by atoms with E-state index in [-0.39, 0.29) is 18.5 Å². The average molecular weight is 297 g/mol. The number of hydrogen-bond donors (Lipinski definition) is 2. The minimum absolute atomic E-state index is 0.0189. The summed E-state index contributed by atoms with van der Waals surface area (Å²) in [6.07, 6.45) is 1.53. The summed E-state index contributed by atoms with van der Waals surface area (Å²) in [4.78, 5) is 24.6. The average Bonchev–Trinajstić information content (AvgIpc) is 2.81. The molecule has 0 saturated carbocycles. The molecule has 6 heteroatoms. The van der Waals surface area contributed by atoms with Crippen molar-refractivity contribution in [2.75, 3.05) is 11.9 Å². The first-order valence-electron chi connectivity index (χ1n) is 6.53. The van der Waals surface area contributed by atoms with Crippen LogP contribution in [0.2, 0.25) is 5.02 Å². The second-order valence-electron chi connectivity index (χ2n) is 5.00. The summed E-state index contributed by atoms with van der Waals surface area (Å²) in [6, 6.07) is 4.85. The Morgan fingerprint density at radius 3 is 2.95 bits per heavy atom. The van der Waals surface area contributed by atoms with Crippen LogP contribution in [0.25, 0.3) is 0 Å². The molecule has 1 aliphatic heterocycles. The maximum atomic E-state index is 12.2. The quantitative estimate of drug-likeness (QED) is 0.900. The van der Waals surface area contributed by atoms with Crippen molar-refractivity contribution in [3.63, 3.8) is 0 Å². The van der Waals surface area contributed by atoms with Gasteiger partial charge in [0, 0.05) is 12.6 Å². The highest BCUT2D eigenvalue weighted by atomic mass is 35.5. The number of benzene rings is 1. The van der Waals surface area contributed by atoms with Gasteiger partial charge in [-0.1, -0.05) is 17.7 Å². The Bertz CT molecular complexity index is 533. The number of carbonyl (C=O) groups excluding carboxylic acids is 1. The van der Waals surface area contributed by atoms with Gasteiger partial charge in [-0.15, -0.1) is 0 Å². The molecule has 0 bridgehead atoms. The molecule has 0 aliphatic carbocycles. The van der Waals surface area contributed by atoms with Crippen molar-refractivity contribution < 1.29 is 14.7 Å². The molecule has 1 unspecified atom stereocenters. The number of hydrogen-bond acceptors (Lipinski definition) is 2. The van der Waals surface area contributed by atoms with Crippen molar-refractivity contribution >= 4 is 29.3 Å². The molecule has 1 heterocycles. The van der Waals surface area contributed by atoms with E-state index in [0.29, 0.717) is 17.3 Å². The van der Waals surface area contributed by atoms with Crippen LogP contribution < -0.4 is 5.32 Å². The minimum Gasteiger partial charge on any atom is -0.481 e. The van der Waals surface area contributed by atoms with Crippen molar-refractivity contribution in [3.8, 4) is 0 Å². The number of aliphatic carboxylic acids is 1. The van der Waals surface area contributed by atoms with Gasteiger partial charge in [0.15, 0.2) is 0 Å². The molecule has 0 radical (unpaired) electrons. The predicted octanol–water partition coefficient (Wildman–Crippen LogP) is 3.12. The number of halogens is 1. The highest BCUT2D eigenvalue weighted by Crippen LogP contribution is 2.25. The third kappa shape index (κ3) is 3.42. The molecule has 108 valence electrons. The molecule has 5 nitrogen and oxygen atoms in total. The molecule has 1 fully saturated rings. The largest absolute Gasteiger partial charge is 0.481 e. The third-order valence-electron chi connectivity index (χ3n) is 3.41. The summed E-state index contributed by atoms with van der Waals surface area (Å²) in [5.74, 6) is -0.886. The number of carboxylic acid groups (broad SMARTS) is 1. The number of aryl methyl sites for hydroxylation is 1. The molecular weight excluding hydrogens is 280 g/mol. The van der Waals surface area contributed by atoms with E-state index in [2.05, 4.69) is 5.32 Å². The number of likely N-dealkylation sites (tertiary alicyclic amines) is 1. The first-order valence-corrected chi connectivity index (χ1v) is 6.90. The zero-order chi connectivity index (χ0) is 14.7. The number of rotatable bonds is 3. The number of nitrogens with zero attached hydrogens (tertiary/aromatic N) is 1. The van der Waals surface area contributed by atoms with Crippen molar-refractivity contribution in [3.05, 3.63) is 28.8 Å². The van der Waals surface area contributed by atoms with Crippen LogP contribution in [0, 0.1) is 6.92 Å². The van der Waals surface area contributed by atoms with Crippen LogP contribution in [0.1, 0.15) is 24.8 Å². The topological polar surface area (TPSA) is 69.6 Å². The Kier molecular flexibility index (Phi) is 4.49. The number of anilines is 1. The van der Waals surface area contributed by atoms with Crippen molar-refractivity contribution in [2.45, 2.75) is 32.2 Å². The number of carbonyl (C=O) groups is 2. The van der Waals surface area contributed by atoms with Crippen LogP contribution in [0.4, 0.5) is 10.5 Å². The molecule has 2 rings (SSSR count). The summed E-state index contributed by atoms with van der Waals surface area (Å²) >= 11 is 6.04. The van der Waals surface area contributed by atoms with E-state index < -0.39 is 5.97 Å².